The molecule has 1 N–H and O–H groups in total. The molecule has 0 fully saturated rings. The minimum Gasteiger partial charge on any atom is -0.507 e. The molecule has 0 saturated carbocycles. The predicted molar refractivity (Wildman–Crippen MR) is 68.9 cm³/mol. The summed E-state index contributed by atoms with van der Waals surface area (Å²) in [5.74, 6) is -0.202. The average molecular weight is 301 g/mol. The average Bonchev–Trinajstić information content (AvgIpc) is 2.38. The Morgan fingerprint density at radius 2 is 1.80 bits per heavy atom. The number of hydrogen-bond acceptors (Lipinski definition) is 2. The number of aldehydes is 1. The molecule has 2 aromatic rings. The Balaban J connectivity index is 2.51. The molecular weight excluding hydrogens is 293 g/mol. The van der Waals surface area contributed by atoms with Crippen LogP contribution in [0.3, 0.4) is 0 Å². The number of rotatable bonds is 2. The Morgan fingerprint density at radius 1 is 1.10 bits per heavy atom. The van der Waals surface area contributed by atoms with Crippen LogP contribution >= 0.6 is 11.6 Å². The van der Waals surface area contributed by atoms with Crippen molar-refractivity contribution in [2.24, 2.45) is 0 Å². The van der Waals surface area contributed by atoms with Crippen molar-refractivity contribution >= 4 is 17.9 Å². The summed E-state index contributed by atoms with van der Waals surface area (Å²) >= 11 is 5.85. The molecule has 2 nitrogen and oxygen atoms in total. The summed E-state index contributed by atoms with van der Waals surface area (Å²) in [4.78, 5) is 10.7. The molecule has 2 rings (SSSR count). The molecule has 0 spiro atoms. The number of phenolic OH excluding ortho intramolecular Hbond substituents is 1. The van der Waals surface area contributed by atoms with Crippen molar-refractivity contribution in [3.8, 4) is 16.9 Å². The standard InChI is InChI=1S/C14H8ClF3O2/c15-12-6-10(14(16,17)18)2-3-11(12)8-1-4-13(20)9(5-8)7-19/h1-7,20H. The van der Waals surface area contributed by atoms with E-state index in [9.17, 15) is 23.1 Å². The molecule has 2 aromatic carbocycles. The predicted octanol–water partition coefficient (Wildman–Crippen LogP) is 4.54. The summed E-state index contributed by atoms with van der Waals surface area (Å²) in [6.07, 6.45) is -4.01. The van der Waals surface area contributed by atoms with Crippen LogP contribution in [0.5, 0.6) is 5.75 Å². The number of carbonyl (C=O) groups is 1. The van der Waals surface area contributed by atoms with E-state index in [4.69, 9.17) is 11.6 Å². The SMILES string of the molecule is O=Cc1cc(-c2ccc(C(F)(F)F)cc2Cl)ccc1O. The summed E-state index contributed by atoms with van der Waals surface area (Å²) < 4.78 is 37.6. The molecule has 6 heteroatoms. The maximum Gasteiger partial charge on any atom is 0.416 e. The molecule has 0 atom stereocenters. The maximum absolute atomic E-state index is 12.5. The van der Waals surface area contributed by atoms with E-state index >= 15 is 0 Å². The van der Waals surface area contributed by atoms with E-state index in [1.54, 1.807) is 0 Å². The minimum atomic E-state index is -4.47. The van der Waals surface area contributed by atoms with Gasteiger partial charge in [-0.2, -0.15) is 13.2 Å². The summed E-state index contributed by atoms with van der Waals surface area (Å²) in [5.41, 5.74) is -0.00880. The van der Waals surface area contributed by atoms with Gasteiger partial charge >= 0.3 is 6.18 Å². The van der Waals surface area contributed by atoms with Crippen molar-refractivity contribution in [3.63, 3.8) is 0 Å². The van der Waals surface area contributed by atoms with Gasteiger partial charge in [-0.15, -0.1) is 0 Å². The van der Waals surface area contributed by atoms with Crippen LogP contribution in [0.2, 0.25) is 5.02 Å². The molecule has 0 saturated heterocycles. The Bertz CT molecular complexity index is 666. The van der Waals surface area contributed by atoms with E-state index in [-0.39, 0.29) is 16.3 Å². The van der Waals surface area contributed by atoms with Gasteiger partial charge in [0.15, 0.2) is 6.29 Å². The number of phenols is 1. The Labute approximate surface area is 117 Å². The monoisotopic (exact) mass is 300 g/mol. The zero-order valence-electron chi connectivity index (χ0n) is 9.91. The summed E-state index contributed by atoms with van der Waals surface area (Å²) in [5, 5.41) is 9.31. The van der Waals surface area contributed by atoms with E-state index in [0.29, 0.717) is 17.4 Å². The van der Waals surface area contributed by atoms with Gasteiger partial charge in [0.05, 0.1) is 11.1 Å². The highest BCUT2D eigenvalue weighted by atomic mass is 35.5. The van der Waals surface area contributed by atoms with Crippen LogP contribution in [-0.2, 0) is 6.18 Å². The molecule has 0 radical (unpaired) electrons. The fraction of sp³-hybridized carbons (Fsp3) is 0.0714. The molecule has 104 valence electrons. The second-order valence-corrected chi connectivity index (χ2v) is 4.49. The summed E-state index contributed by atoms with van der Waals surface area (Å²) in [6.45, 7) is 0. The fourth-order valence-electron chi connectivity index (χ4n) is 1.74. The molecule has 0 amide bonds. The first kappa shape index (κ1) is 14.4. The maximum atomic E-state index is 12.5. The molecule has 0 aliphatic heterocycles. The van der Waals surface area contributed by atoms with Crippen molar-refractivity contribution in [2.45, 2.75) is 6.18 Å². The van der Waals surface area contributed by atoms with Gasteiger partial charge in [-0.3, -0.25) is 4.79 Å². The van der Waals surface area contributed by atoms with Crippen LogP contribution in [0, 0.1) is 0 Å². The third-order valence-corrected chi connectivity index (χ3v) is 3.07. The highest BCUT2D eigenvalue weighted by Crippen LogP contribution is 2.36. The molecule has 0 aliphatic carbocycles. The van der Waals surface area contributed by atoms with Gasteiger partial charge < -0.3 is 5.11 Å². The van der Waals surface area contributed by atoms with E-state index in [2.05, 4.69) is 0 Å². The first-order chi connectivity index (χ1) is 9.32. The molecule has 0 bridgehead atoms. The fourth-order valence-corrected chi connectivity index (χ4v) is 2.03. The Kier molecular flexibility index (Phi) is 3.72. The van der Waals surface area contributed by atoms with Gasteiger partial charge in [0, 0.05) is 10.6 Å². The van der Waals surface area contributed by atoms with Crippen LogP contribution in [0.25, 0.3) is 11.1 Å². The third-order valence-electron chi connectivity index (χ3n) is 2.76. The highest BCUT2D eigenvalue weighted by molar-refractivity contribution is 6.33. The lowest BCUT2D eigenvalue weighted by molar-refractivity contribution is -0.137. The zero-order chi connectivity index (χ0) is 14.9. The van der Waals surface area contributed by atoms with Gasteiger partial charge in [0.25, 0.3) is 0 Å². The molecule has 0 unspecified atom stereocenters. The van der Waals surface area contributed by atoms with Crippen LogP contribution < -0.4 is 0 Å². The smallest absolute Gasteiger partial charge is 0.416 e. The Morgan fingerprint density at radius 3 is 2.35 bits per heavy atom. The highest BCUT2D eigenvalue weighted by Gasteiger charge is 2.30. The topological polar surface area (TPSA) is 37.3 Å². The number of halogens is 4. The lowest BCUT2D eigenvalue weighted by Crippen LogP contribution is -2.04. The lowest BCUT2D eigenvalue weighted by Gasteiger charge is -2.10. The Hall–Kier alpha value is -2.01. The molecule has 0 aliphatic rings. The normalized spacial score (nSPS) is 11.4. The van der Waals surface area contributed by atoms with Crippen LogP contribution in [0.1, 0.15) is 15.9 Å². The number of aromatic hydroxyl groups is 1. The van der Waals surface area contributed by atoms with Gasteiger partial charge in [0.2, 0.25) is 0 Å². The number of carbonyl (C=O) groups excluding carboxylic acids is 1. The molecule has 20 heavy (non-hydrogen) atoms. The van der Waals surface area contributed by atoms with Crippen molar-refractivity contribution in [1.82, 2.24) is 0 Å². The van der Waals surface area contributed by atoms with Crippen LogP contribution in [0.4, 0.5) is 13.2 Å². The second-order valence-electron chi connectivity index (χ2n) is 4.08. The third kappa shape index (κ3) is 2.77. The van der Waals surface area contributed by atoms with Crippen LogP contribution in [-0.4, -0.2) is 11.4 Å². The molecule has 0 heterocycles. The summed E-state index contributed by atoms with van der Waals surface area (Å²) in [6, 6.07) is 7.08. The van der Waals surface area contributed by atoms with Gasteiger partial charge in [-0.05, 0) is 29.8 Å². The quantitative estimate of drug-likeness (QED) is 0.827. The zero-order valence-corrected chi connectivity index (χ0v) is 10.7. The molecule has 0 aromatic heterocycles. The van der Waals surface area contributed by atoms with E-state index in [1.807, 2.05) is 0 Å². The lowest BCUT2D eigenvalue weighted by atomic mass is 10.0. The largest absolute Gasteiger partial charge is 0.507 e. The van der Waals surface area contributed by atoms with Gasteiger partial charge in [-0.1, -0.05) is 23.7 Å². The van der Waals surface area contributed by atoms with Crippen molar-refractivity contribution in [3.05, 3.63) is 52.5 Å². The van der Waals surface area contributed by atoms with Gasteiger partial charge in [-0.25, -0.2) is 0 Å². The van der Waals surface area contributed by atoms with E-state index < -0.39 is 11.7 Å². The van der Waals surface area contributed by atoms with Gasteiger partial charge in [0.1, 0.15) is 5.75 Å². The van der Waals surface area contributed by atoms with E-state index in [0.717, 1.165) is 12.1 Å². The van der Waals surface area contributed by atoms with Crippen molar-refractivity contribution < 1.29 is 23.1 Å². The number of benzene rings is 2. The number of alkyl halides is 3. The van der Waals surface area contributed by atoms with E-state index in [1.165, 1.54) is 24.3 Å². The van der Waals surface area contributed by atoms with Crippen LogP contribution in [0.15, 0.2) is 36.4 Å². The van der Waals surface area contributed by atoms with Crippen molar-refractivity contribution in [1.29, 1.82) is 0 Å². The minimum absolute atomic E-state index is 0.0402. The summed E-state index contributed by atoms with van der Waals surface area (Å²) in [7, 11) is 0. The van der Waals surface area contributed by atoms with Crippen molar-refractivity contribution in [2.75, 3.05) is 0 Å². The first-order valence-electron chi connectivity index (χ1n) is 5.48. The second kappa shape index (κ2) is 5.17. The first-order valence-corrected chi connectivity index (χ1v) is 5.86. The molecular formula is C14H8ClF3O2. The number of hydrogen-bond donors (Lipinski definition) is 1.